The van der Waals surface area contributed by atoms with Crippen molar-refractivity contribution in [2.75, 3.05) is 0 Å². The number of hydrogen-bond donors (Lipinski definition) is 0. The maximum atomic E-state index is 14.8. The van der Waals surface area contributed by atoms with E-state index in [9.17, 15) is 4.57 Å². The Bertz CT molecular complexity index is 1560. The predicted molar refractivity (Wildman–Crippen MR) is 186 cm³/mol. The Morgan fingerprint density at radius 3 is 0.727 bits per heavy atom. The Morgan fingerprint density at radius 2 is 0.477 bits per heavy atom. The molecule has 0 unspecified atom stereocenters. The normalized spacial score (nSPS) is 11.4. The molecule has 0 aliphatic rings. The fourth-order valence-electron chi connectivity index (χ4n) is 5.95. The molecule has 0 aromatic heterocycles. The first-order chi connectivity index (χ1) is 21.6. The molecule has 0 bridgehead atoms. The largest absolute Gasteiger partial charge is 0.323 e. The van der Waals surface area contributed by atoms with E-state index in [0.29, 0.717) is 18.5 Å². The van der Waals surface area contributed by atoms with E-state index in [1.165, 1.54) is 33.4 Å². The molecule has 0 aliphatic carbocycles. The molecule has 0 saturated heterocycles. The molecule has 0 atom stereocenters. The monoisotopic (exact) mass is 590 g/mol. The van der Waals surface area contributed by atoms with Crippen LogP contribution in [0, 0.1) is 0 Å². The summed E-state index contributed by atoms with van der Waals surface area (Å²) in [6.45, 7) is 0. The molecule has 0 spiro atoms. The van der Waals surface area contributed by atoms with E-state index >= 15 is 0 Å². The summed E-state index contributed by atoms with van der Waals surface area (Å²) >= 11 is 0. The molecule has 0 radical (unpaired) electrons. The van der Waals surface area contributed by atoms with Crippen LogP contribution < -0.4 is 0 Å². The Balaban J connectivity index is 1.19. The molecule has 1 nitrogen and oxygen atoms in total. The Kier molecular flexibility index (Phi) is 9.66. The quantitative estimate of drug-likeness (QED) is 0.130. The summed E-state index contributed by atoms with van der Waals surface area (Å²) in [6.07, 6.45) is 4.50. The molecular formula is C42H39OP. The molecule has 6 rings (SSSR count). The van der Waals surface area contributed by atoms with E-state index in [4.69, 9.17) is 0 Å². The number of hydrogen-bond acceptors (Lipinski definition) is 1. The van der Waals surface area contributed by atoms with Gasteiger partial charge in [0.2, 0.25) is 0 Å². The van der Waals surface area contributed by atoms with Crippen LogP contribution in [0.25, 0.3) is 0 Å². The van der Waals surface area contributed by atoms with Crippen molar-refractivity contribution in [2.45, 2.75) is 37.7 Å². The number of benzene rings is 6. The smallest absolute Gasteiger partial charge is 0.100 e. The first-order valence-electron chi connectivity index (χ1n) is 15.5. The molecule has 0 heterocycles. The SMILES string of the molecule is O=P(Cc1ccc(Cc2ccccc2)cc1)(Cc1ccc(Cc2ccccc2)cc1)Cc1ccc(Cc2ccccc2)cc1. The first kappa shape index (κ1) is 29.6. The lowest BCUT2D eigenvalue weighted by molar-refractivity contribution is 0.572. The third-order valence-electron chi connectivity index (χ3n) is 8.23. The van der Waals surface area contributed by atoms with Crippen LogP contribution in [0.3, 0.4) is 0 Å². The zero-order chi connectivity index (χ0) is 30.0. The second kappa shape index (κ2) is 14.3. The van der Waals surface area contributed by atoms with E-state index in [2.05, 4.69) is 164 Å². The Hall–Kier alpha value is -4.45. The summed E-state index contributed by atoms with van der Waals surface area (Å²) in [4.78, 5) is 0. The van der Waals surface area contributed by atoms with Crippen molar-refractivity contribution in [2.24, 2.45) is 0 Å². The third kappa shape index (κ3) is 8.56. The van der Waals surface area contributed by atoms with Crippen LogP contribution in [-0.2, 0) is 42.3 Å². The molecular weight excluding hydrogens is 551 g/mol. The molecule has 218 valence electrons. The van der Waals surface area contributed by atoms with E-state index in [0.717, 1.165) is 36.0 Å². The van der Waals surface area contributed by atoms with Crippen molar-refractivity contribution in [1.29, 1.82) is 0 Å². The summed E-state index contributed by atoms with van der Waals surface area (Å²) in [6, 6.07) is 57.9. The average molecular weight is 591 g/mol. The zero-order valence-electron chi connectivity index (χ0n) is 25.2. The van der Waals surface area contributed by atoms with Crippen LogP contribution >= 0.6 is 7.14 Å². The Morgan fingerprint density at radius 1 is 0.273 bits per heavy atom. The van der Waals surface area contributed by atoms with Gasteiger partial charge in [-0.05, 0) is 69.3 Å². The van der Waals surface area contributed by atoms with Crippen LogP contribution in [0.1, 0.15) is 50.1 Å². The van der Waals surface area contributed by atoms with Gasteiger partial charge in [0.15, 0.2) is 0 Å². The molecule has 0 N–H and O–H groups in total. The van der Waals surface area contributed by atoms with Gasteiger partial charge in [-0.15, -0.1) is 0 Å². The highest BCUT2D eigenvalue weighted by Crippen LogP contribution is 2.55. The fourth-order valence-corrected chi connectivity index (χ4v) is 8.91. The van der Waals surface area contributed by atoms with Crippen LogP contribution in [0.2, 0.25) is 0 Å². The maximum Gasteiger partial charge on any atom is 0.100 e. The third-order valence-corrected chi connectivity index (χ3v) is 11.1. The van der Waals surface area contributed by atoms with Crippen molar-refractivity contribution >= 4 is 7.14 Å². The minimum Gasteiger partial charge on any atom is -0.323 e. The average Bonchev–Trinajstić information content (AvgIpc) is 3.05. The molecule has 0 aliphatic heterocycles. The van der Waals surface area contributed by atoms with Crippen LogP contribution in [0.5, 0.6) is 0 Å². The van der Waals surface area contributed by atoms with Gasteiger partial charge in [-0.25, -0.2) is 0 Å². The summed E-state index contributed by atoms with van der Waals surface area (Å²) in [5.74, 6) is 0. The van der Waals surface area contributed by atoms with Gasteiger partial charge in [0, 0.05) is 18.5 Å². The molecule has 6 aromatic rings. The standard InChI is InChI=1S/C42H39OP/c43-44(31-40-22-16-37(17-23-40)28-34-10-4-1-5-11-34,32-41-24-18-38(19-25-41)29-35-12-6-2-7-13-35)33-42-26-20-39(21-27-42)30-36-14-8-3-9-15-36/h1-27H,28-33H2. The van der Waals surface area contributed by atoms with Crippen molar-refractivity contribution in [3.05, 3.63) is 214 Å². The minimum absolute atomic E-state index is 0.593. The van der Waals surface area contributed by atoms with Gasteiger partial charge in [-0.1, -0.05) is 164 Å². The second-order valence-corrected chi connectivity index (χ2v) is 15.0. The highest BCUT2D eigenvalue weighted by molar-refractivity contribution is 7.61. The van der Waals surface area contributed by atoms with E-state index in [-0.39, 0.29) is 0 Å². The van der Waals surface area contributed by atoms with Gasteiger partial charge in [-0.3, -0.25) is 0 Å². The second-order valence-electron chi connectivity index (χ2n) is 12.0. The molecule has 0 fully saturated rings. The lowest BCUT2D eigenvalue weighted by Gasteiger charge is -2.20. The molecule has 2 heteroatoms. The summed E-state index contributed by atoms with van der Waals surface area (Å²) in [7, 11) is -2.63. The van der Waals surface area contributed by atoms with Gasteiger partial charge in [0.05, 0.1) is 0 Å². The van der Waals surface area contributed by atoms with Gasteiger partial charge < -0.3 is 4.57 Å². The fraction of sp³-hybridized carbons (Fsp3) is 0.143. The molecule has 44 heavy (non-hydrogen) atoms. The molecule has 6 aromatic carbocycles. The summed E-state index contributed by atoms with van der Waals surface area (Å²) in [5.41, 5.74) is 11.2. The Labute approximate surface area is 262 Å². The highest BCUT2D eigenvalue weighted by Gasteiger charge is 2.24. The van der Waals surface area contributed by atoms with Crippen LogP contribution in [0.4, 0.5) is 0 Å². The van der Waals surface area contributed by atoms with Crippen LogP contribution in [-0.4, -0.2) is 0 Å². The maximum absolute atomic E-state index is 14.8. The van der Waals surface area contributed by atoms with Gasteiger partial charge in [0.25, 0.3) is 0 Å². The highest BCUT2D eigenvalue weighted by atomic mass is 31.2. The van der Waals surface area contributed by atoms with Crippen molar-refractivity contribution in [1.82, 2.24) is 0 Å². The molecule has 0 saturated carbocycles. The number of rotatable bonds is 12. The van der Waals surface area contributed by atoms with Crippen molar-refractivity contribution in [3.8, 4) is 0 Å². The lowest BCUT2D eigenvalue weighted by Crippen LogP contribution is -1.99. The minimum atomic E-state index is -2.63. The van der Waals surface area contributed by atoms with E-state index in [1.54, 1.807) is 0 Å². The zero-order valence-corrected chi connectivity index (χ0v) is 26.1. The lowest BCUT2D eigenvalue weighted by atomic mass is 10.0. The topological polar surface area (TPSA) is 17.1 Å². The molecule has 0 amide bonds. The van der Waals surface area contributed by atoms with E-state index in [1.807, 2.05) is 0 Å². The van der Waals surface area contributed by atoms with Gasteiger partial charge in [0.1, 0.15) is 7.14 Å². The predicted octanol–water partition coefficient (Wildman–Crippen LogP) is 10.7. The first-order valence-corrected chi connectivity index (χ1v) is 17.8. The van der Waals surface area contributed by atoms with Crippen molar-refractivity contribution in [3.63, 3.8) is 0 Å². The summed E-state index contributed by atoms with van der Waals surface area (Å²) < 4.78 is 14.8. The van der Waals surface area contributed by atoms with E-state index < -0.39 is 7.14 Å². The van der Waals surface area contributed by atoms with Gasteiger partial charge >= 0.3 is 0 Å². The summed E-state index contributed by atoms with van der Waals surface area (Å²) in [5, 5.41) is 0. The van der Waals surface area contributed by atoms with Gasteiger partial charge in [-0.2, -0.15) is 0 Å². The van der Waals surface area contributed by atoms with Crippen LogP contribution in [0.15, 0.2) is 164 Å². The van der Waals surface area contributed by atoms with Crippen molar-refractivity contribution < 1.29 is 4.57 Å².